The Kier molecular flexibility index (Phi) is 4.99. The van der Waals surface area contributed by atoms with Crippen molar-refractivity contribution in [3.05, 3.63) is 63.1 Å². The van der Waals surface area contributed by atoms with E-state index in [1.54, 1.807) is 13.4 Å². The molecule has 0 N–H and O–H groups in total. The second-order valence-corrected chi connectivity index (χ2v) is 6.52. The first-order valence-electron chi connectivity index (χ1n) is 7.88. The van der Waals surface area contributed by atoms with Crippen LogP contribution in [0.3, 0.4) is 0 Å². The van der Waals surface area contributed by atoms with Crippen molar-refractivity contribution in [3.8, 4) is 0 Å². The van der Waals surface area contributed by atoms with E-state index in [-0.39, 0.29) is 11.2 Å². The molecule has 3 rings (SSSR count). The van der Waals surface area contributed by atoms with Gasteiger partial charge in [-0.2, -0.15) is 0 Å². The van der Waals surface area contributed by atoms with Crippen molar-refractivity contribution in [3.63, 3.8) is 0 Å². The Morgan fingerprint density at radius 1 is 1.12 bits per heavy atom. The van der Waals surface area contributed by atoms with Gasteiger partial charge in [0, 0.05) is 25.5 Å². The highest BCUT2D eigenvalue weighted by atomic mass is 79.9. The van der Waals surface area contributed by atoms with Gasteiger partial charge in [-0.3, -0.25) is 13.9 Å². The van der Waals surface area contributed by atoms with Crippen LogP contribution in [0, 0.1) is 0 Å². The molecule has 0 bridgehead atoms. The fourth-order valence-corrected chi connectivity index (χ4v) is 3.18. The average molecular weight is 391 g/mol. The molecule has 0 atom stereocenters. The second-order valence-electron chi connectivity index (χ2n) is 5.72. The van der Waals surface area contributed by atoms with Crippen LogP contribution in [0.4, 0.5) is 0 Å². The molecule has 0 aliphatic heterocycles. The van der Waals surface area contributed by atoms with Gasteiger partial charge in [0.25, 0.3) is 5.56 Å². The molecular formula is C17H19BrN4O2. The molecule has 24 heavy (non-hydrogen) atoms. The van der Waals surface area contributed by atoms with Gasteiger partial charge in [0.15, 0.2) is 11.2 Å². The van der Waals surface area contributed by atoms with E-state index in [9.17, 15) is 9.59 Å². The zero-order valence-corrected chi connectivity index (χ0v) is 15.1. The molecule has 0 fully saturated rings. The average Bonchev–Trinajstić information content (AvgIpc) is 3.01. The third kappa shape index (κ3) is 3.08. The molecule has 0 radical (unpaired) electrons. The maximum atomic E-state index is 12.8. The van der Waals surface area contributed by atoms with Crippen LogP contribution in [0.1, 0.15) is 18.4 Å². The largest absolute Gasteiger partial charge is 0.332 e. The molecule has 0 aliphatic rings. The number of rotatable bonds is 6. The summed E-state index contributed by atoms with van der Waals surface area (Å²) in [6.45, 7) is 0.968. The van der Waals surface area contributed by atoms with Crippen LogP contribution in [0.2, 0.25) is 0 Å². The molecule has 7 heteroatoms. The third-order valence-electron chi connectivity index (χ3n) is 4.06. The number of benzene rings is 1. The molecule has 0 saturated heterocycles. The van der Waals surface area contributed by atoms with Crippen molar-refractivity contribution < 1.29 is 0 Å². The standard InChI is InChI=1S/C17H19BrN4O2/c1-20-15-14(16(23)22(17(20)24)10-6-5-9-18)21(12-19-15)11-13-7-3-2-4-8-13/h2-4,7-8,12H,5-6,9-11H2,1H3. The Labute approximate surface area is 147 Å². The summed E-state index contributed by atoms with van der Waals surface area (Å²) in [4.78, 5) is 29.6. The number of alkyl halides is 1. The lowest BCUT2D eigenvalue weighted by Gasteiger charge is -2.09. The number of fused-ring (bicyclic) bond motifs is 1. The van der Waals surface area contributed by atoms with Crippen molar-refractivity contribution in [2.45, 2.75) is 25.9 Å². The van der Waals surface area contributed by atoms with E-state index in [2.05, 4.69) is 20.9 Å². The number of hydrogen-bond donors (Lipinski definition) is 0. The Bertz CT molecular complexity index is 956. The minimum atomic E-state index is -0.313. The van der Waals surface area contributed by atoms with Gasteiger partial charge in [-0.1, -0.05) is 46.3 Å². The molecule has 2 aromatic heterocycles. The van der Waals surface area contributed by atoms with Gasteiger partial charge in [0.1, 0.15) is 0 Å². The molecule has 0 spiro atoms. The summed E-state index contributed by atoms with van der Waals surface area (Å²) in [7, 11) is 1.66. The normalized spacial score (nSPS) is 11.2. The predicted octanol–water partition coefficient (Wildman–Crippen LogP) is 2.12. The molecular weight excluding hydrogens is 372 g/mol. The van der Waals surface area contributed by atoms with Gasteiger partial charge in [-0.25, -0.2) is 9.78 Å². The number of hydrogen-bond acceptors (Lipinski definition) is 3. The fourth-order valence-electron chi connectivity index (χ4n) is 2.78. The highest BCUT2D eigenvalue weighted by Gasteiger charge is 2.16. The zero-order chi connectivity index (χ0) is 17.1. The molecule has 1 aromatic carbocycles. The first-order chi connectivity index (χ1) is 11.6. The lowest BCUT2D eigenvalue weighted by atomic mass is 10.2. The number of aryl methyl sites for hydroxylation is 1. The minimum Gasteiger partial charge on any atom is -0.320 e. The molecule has 0 aliphatic carbocycles. The van der Waals surface area contributed by atoms with E-state index in [1.165, 1.54) is 9.13 Å². The topological polar surface area (TPSA) is 61.8 Å². The molecule has 3 aromatic rings. The van der Waals surface area contributed by atoms with E-state index in [4.69, 9.17) is 0 Å². The maximum Gasteiger partial charge on any atom is 0.332 e. The van der Waals surface area contributed by atoms with E-state index >= 15 is 0 Å². The Morgan fingerprint density at radius 3 is 2.58 bits per heavy atom. The molecule has 2 heterocycles. The summed E-state index contributed by atoms with van der Waals surface area (Å²) in [5.41, 5.74) is 1.40. The van der Waals surface area contributed by atoms with Crippen LogP contribution in [0.15, 0.2) is 46.2 Å². The van der Waals surface area contributed by atoms with Crippen LogP contribution >= 0.6 is 15.9 Å². The van der Waals surface area contributed by atoms with Crippen LogP contribution < -0.4 is 11.2 Å². The third-order valence-corrected chi connectivity index (χ3v) is 4.62. The number of aromatic nitrogens is 4. The predicted molar refractivity (Wildman–Crippen MR) is 97.8 cm³/mol. The number of nitrogens with zero attached hydrogens (tertiary/aromatic N) is 4. The second kappa shape index (κ2) is 7.17. The first-order valence-corrected chi connectivity index (χ1v) is 9.00. The SMILES string of the molecule is Cn1c(=O)n(CCCCBr)c(=O)c2c1ncn2Cc1ccccc1. The first kappa shape index (κ1) is 16.7. The van der Waals surface area contributed by atoms with Crippen LogP contribution in [0.25, 0.3) is 11.2 Å². The van der Waals surface area contributed by atoms with Crippen LogP contribution in [-0.4, -0.2) is 24.0 Å². The summed E-state index contributed by atoms with van der Waals surface area (Å²) in [6, 6.07) is 9.88. The van der Waals surface area contributed by atoms with Crippen molar-refractivity contribution in [2.75, 3.05) is 5.33 Å². The molecule has 6 nitrogen and oxygen atoms in total. The van der Waals surface area contributed by atoms with Gasteiger partial charge in [-0.15, -0.1) is 0 Å². The molecule has 0 saturated carbocycles. The van der Waals surface area contributed by atoms with E-state index in [0.717, 1.165) is 23.7 Å². The molecule has 126 valence electrons. The summed E-state index contributed by atoms with van der Waals surface area (Å²) in [5, 5.41) is 0.857. The van der Waals surface area contributed by atoms with Crippen molar-refractivity contribution in [2.24, 2.45) is 7.05 Å². The highest BCUT2D eigenvalue weighted by molar-refractivity contribution is 9.09. The van der Waals surface area contributed by atoms with Crippen LogP contribution in [-0.2, 0) is 20.1 Å². The smallest absolute Gasteiger partial charge is 0.320 e. The van der Waals surface area contributed by atoms with Gasteiger partial charge >= 0.3 is 5.69 Å². The van der Waals surface area contributed by atoms with Crippen molar-refractivity contribution >= 4 is 27.1 Å². The van der Waals surface area contributed by atoms with E-state index in [1.807, 2.05) is 34.9 Å². The van der Waals surface area contributed by atoms with E-state index < -0.39 is 0 Å². The summed E-state index contributed by atoms with van der Waals surface area (Å²) < 4.78 is 4.58. The van der Waals surface area contributed by atoms with Gasteiger partial charge in [0.05, 0.1) is 6.33 Å². The fraction of sp³-hybridized carbons (Fsp3) is 0.353. The number of imidazole rings is 1. The highest BCUT2D eigenvalue weighted by Crippen LogP contribution is 2.09. The lowest BCUT2D eigenvalue weighted by Crippen LogP contribution is -2.39. The number of halogens is 1. The summed E-state index contributed by atoms with van der Waals surface area (Å²) in [5.74, 6) is 0. The van der Waals surface area contributed by atoms with Gasteiger partial charge in [0.2, 0.25) is 0 Å². The quantitative estimate of drug-likeness (QED) is 0.478. The minimum absolute atomic E-state index is 0.267. The Morgan fingerprint density at radius 2 is 1.88 bits per heavy atom. The van der Waals surface area contributed by atoms with E-state index in [0.29, 0.717) is 24.3 Å². The molecule has 0 amide bonds. The molecule has 0 unspecified atom stereocenters. The zero-order valence-electron chi connectivity index (χ0n) is 13.5. The summed E-state index contributed by atoms with van der Waals surface area (Å²) in [6.07, 6.45) is 3.32. The van der Waals surface area contributed by atoms with Crippen LogP contribution in [0.5, 0.6) is 0 Å². The van der Waals surface area contributed by atoms with Crippen molar-refractivity contribution in [1.29, 1.82) is 0 Å². The lowest BCUT2D eigenvalue weighted by molar-refractivity contribution is 0.567. The summed E-state index contributed by atoms with van der Waals surface area (Å²) >= 11 is 3.37. The van der Waals surface area contributed by atoms with Gasteiger partial charge in [-0.05, 0) is 18.4 Å². The Hall–Kier alpha value is -2.15. The van der Waals surface area contributed by atoms with Gasteiger partial charge < -0.3 is 4.57 Å². The number of unbranched alkanes of at least 4 members (excludes halogenated alkanes) is 1. The Balaban J connectivity index is 2.10. The monoisotopic (exact) mass is 390 g/mol. The van der Waals surface area contributed by atoms with Crippen molar-refractivity contribution in [1.82, 2.24) is 18.7 Å². The maximum absolute atomic E-state index is 12.8.